The summed E-state index contributed by atoms with van der Waals surface area (Å²) in [5, 5.41) is 0. The van der Waals surface area contributed by atoms with Crippen LogP contribution in [0.1, 0.15) is 80.1 Å². The maximum atomic E-state index is 12.2. The molecule has 2 saturated carbocycles. The van der Waals surface area contributed by atoms with E-state index < -0.39 is 0 Å². The second-order valence-corrected chi connectivity index (χ2v) is 6.98. The minimum atomic E-state index is -0.215. The number of hydrogen-bond donors (Lipinski definition) is 0. The average Bonchev–Trinajstić information content (AvgIpc) is 2.64. The molecule has 24 heavy (non-hydrogen) atoms. The number of carbonyl (C=O) groups excluding carboxylic acids is 1. The Kier molecular flexibility index (Phi) is 6.67. The Labute approximate surface area is 144 Å². The van der Waals surface area contributed by atoms with Gasteiger partial charge >= 0.3 is 5.97 Å². The topological polar surface area (TPSA) is 44.8 Å². The first-order valence-electron chi connectivity index (χ1n) is 9.39. The third-order valence-corrected chi connectivity index (χ3v) is 5.00. The molecule has 2 aliphatic carbocycles. The van der Waals surface area contributed by atoms with Gasteiger partial charge in [0.15, 0.2) is 0 Å². The molecule has 1 aromatic carbocycles. The third kappa shape index (κ3) is 5.32. The summed E-state index contributed by atoms with van der Waals surface area (Å²) in [6, 6.07) is 7.43. The molecule has 0 heterocycles. The highest BCUT2D eigenvalue weighted by Gasteiger charge is 2.19. The van der Waals surface area contributed by atoms with Crippen LogP contribution in [0.2, 0.25) is 0 Å². The molecule has 2 fully saturated rings. The Morgan fingerprint density at radius 2 is 1.42 bits per heavy atom. The van der Waals surface area contributed by atoms with Crippen LogP contribution < -0.4 is 0 Å². The Hall–Kier alpha value is -1.39. The predicted molar refractivity (Wildman–Crippen MR) is 91.5 cm³/mol. The molecule has 0 N–H and O–H groups in total. The molecule has 0 saturated heterocycles. The van der Waals surface area contributed by atoms with Gasteiger partial charge in [0.25, 0.3) is 0 Å². The first-order valence-corrected chi connectivity index (χ1v) is 9.39. The van der Waals surface area contributed by atoms with E-state index in [0.29, 0.717) is 12.2 Å². The summed E-state index contributed by atoms with van der Waals surface area (Å²) in [6.45, 7) is 0.411. The Bertz CT molecular complexity index is 499. The van der Waals surface area contributed by atoms with Gasteiger partial charge in [0.1, 0.15) is 12.7 Å². The smallest absolute Gasteiger partial charge is 0.338 e. The molecule has 0 bridgehead atoms. The lowest BCUT2D eigenvalue weighted by Gasteiger charge is -2.21. The van der Waals surface area contributed by atoms with Crippen molar-refractivity contribution in [1.29, 1.82) is 0 Å². The van der Waals surface area contributed by atoms with Crippen molar-refractivity contribution >= 4 is 5.97 Å². The first kappa shape index (κ1) is 17.4. The van der Waals surface area contributed by atoms with E-state index in [1.807, 2.05) is 24.3 Å². The van der Waals surface area contributed by atoms with Gasteiger partial charge in [0.2, 0.25) is 0 Å². The second kappa shape index (κ2) is 9.19. The van der Waals surface area contributed by atoms with Crippen molar-refractivity contribution in [2.24, 2.45) is 0 Å². The molecule has 4 heteroatoms. The van der Waals surface area contributed by atoms with Crippen molar-refractivity contribution in [3.63, 3.8) is 0 Å². The summed E-state index contributed by atoms with van der Waals surface area (Å²) in [6.07, 6.45) is 11.8. The van der Waals surface area contributed by atoms with Crippen LogP contribution in [0.15, 0.2) is 24.3 Å². The summed E-state index contributed by atoms with van der Waals surface area (Å²) in [5.74, 6) is -0.215. The minimum absolute atomic E-state index is 0.0955. The second-order valence-electron chi connectivity index (χ2n) is 6.98. The lowest BCUT2D eigenvalue weighted by atomic mass is 9.98. The summed E-state index contributed by atoms with van der Waals surface area (Å²) >= 11 is 0. The van der Waals surface area contributed by atoms with Crippen LogP contribution in [0.5, 0.6) is 0 Å². The molecule has 0 unspecified atom stereocenters. The molecule has 1 aromatic rings. The molecule has 2 aliphatic rings. The number of ether oxygens (including phenoxy) is 1. The van der Waals surface area contributed by atoms with E-state index in [1.165, 1.54) is 25.7 Å². The van der Waals surface area contributed by atoms with Crippen LogP contribution in [0.4, 0.5) is 0 Å². The normalized spacial score (nSPS) is 20.0. The molecule has 0 amide bonds. The molecule has 3 rings (SSSR count). The van der Waals surface area contributed by atoms with Gasteiger partial charge in [-0.25, -0.2) is 14.6 Å². The zero-order valence-corrected chi connectivity index (χ0v) is 14.4. The largest absolute Gasteiger partial charge is 0.459 e. The Morgan fingerprint density at radius 3 is 2.04 bits per heavy atom. The highest BCUT2D eigenvalue weighted by Crippen LogP contribution is 2.22. The van der Waals surface area contributed by atoms with Crippen LogP contribution in [0, 0.1) is 0 Å². The van der Waals surface area contributed by atoms with Gasteiger partial charge in [-0.2, -0.15) is 0 Å². The fourth-order valence-electron chi connectivity index (χ4n) is 3.50. The SMILES string of the molecule is O=C(OC1CCCCC1)c1ccc(COOC2CCCCC2)cc1. The standard InChI is InChI=1S/C20H28O4/c21-20(23-18-7-3-1-4-8-18)17-13-11-16(12-14-17)15-22-24-19-9-5-2-6-10-19/h11-14,18-19H,1-10,15H2. The quantitative estimate of drug-likeness (QED) is 0.420. The van der Waals surface area contributed by atoms with Gasteiger partial charge in [-0.15, -0.1) is 0 Å². The lowest BCUT2D eigenvalue weighted by molar-refractivity contribution is -0.336. The van der Waals surface area contributed by atoms with Crippen molar-refractivity contribution < 1.29 is 19.3 Å². The monoisotopic (exact) mass is 332 g/mol. The summed E-state index contributed by atoms with van der Waals surface area (Å²) in [7, 11) is 0. The third-order valence-electron chi connectivity index (χ3n) is 5.00. The molecule has 0 radical (unpaired) electrons. The van der Waals surface area contributed by atoms with Gasteiger partial charge in [-0.1, -0.05) is 37.8 Å². The van der Waals surface area contributed by atoms with Crippen LogP contribution >= 0.6 is 0 Å². The van der Waals surface area contributed by atoms with E-state index in [-0.39, 0.29) is 18.2 Å². The highest BCUT2D eigenvalue weighted by molar-refractivity contribution is 5.89. The molecule has 132 valence electrons. The fraction of sp³-hybridized carbons (Fsp3) is 0.650. The summed E-state index contributed by atoms with van der Waals surface area (Å²) in [4.78, 5) is 23.0. The van der Waals surface area contributed by atoms with Crippen molar-refractivity contribution in [2.75, 3.05) is 0 Å². The van der Waals surface area contributed by atoms with Crippen LogP contribution in [0.25, 0.3) is 0 Å². The maximum Gasteiger partial charge on any atom is 0.338 e. The van der Waals surface area contributed by atoms with E-state index in [9.17, 15) is 4.79 Å². The lowest BCUT2D eigenvalue weighted by Crippen LogP contribution is -2.20. The van der Waals surface area contributed by atoms with Gasteiger partial charge in [-0.05, 0) is 56.2 Å². The molecular formula is C20H28O4. The number of benzene rings is 1. The Morgan fingerprint density at radius 1 is 0.833 bits per heavy atom. The van der Waals surface area contributed by atoms with E-state index in [4.69, 9.17) is 14.5 Å². The van der Waals surface area contributed by atoms with Gasteiger partial charge in [-0.3, -0.25) is 0 Å². The molecule has 0 aromatic heterocycles. The van der Waals surface area contributed by atoms with Gasteiger partial charge in [0, 0.05) is 0 Å². The van der Waals surface area contributed by atoms with Gasteiger partial charge in [0.05, 0.1) is 11.7 Å². The van der Waals surface area contributed by atoms with Crippen LogP contribution in [0.3, 0.4) is 0 Å². The highest BCUT2D eigenvalue weighted by atomic mass is 17.2. The number of esters is 1. The van der Waals surface area contributed by atoms with E-state index in [2.05, 4.69) is 0 Å². The van der Waals surface area contributed by atoms with Gasteiger partial charge < -0.3 is 4.74 Å². The Balaban J connectivity index is 1.41. The van der Waals surface area contributed by atoms with Crippen LogP contribution in [-0.4, -0.2) is 18.2 Å². The number of carbonyl (C=O) groups is 1. The zero-order valence-electron chi connectivity index (χ0n) is 14.4. The summed E-state index contributed by atoms with van der Waals surface area (Å²) < 4.78 is 5.58. The van der Waals surface area contributed by atoms with Crippen molar-refractivity contribution in [3.8, 4) is 0 Å². The van der Waals surface area contributed by atoms with Crippen molar-refractivity contribution in [3.05, 3.63) is 35.4 Å². The maximum absolute atomic E-state index is 12.2. The minimum Gasteiger partial charge on any atom is -0.459 e. The van der Waals surface area contributed by atoms with Crippen molar-refractivity contribution in [2.45, 2.75) is 83.0 Å². The zero-order chi connectivity index (χ0) is 16.6. The molecule has 0 atom stereocenters. The molecule has 0 spiro atoms. The molecule has 4 nitrogen and oxygen atoms in total. The number of rotatable bonds is 6. The van der Waals surface area contributed by atoms with Crippen molar-refractivity contribution in [1.82, 2.24) is 0 Å². The average molecular weight is 332 g/mol. The van der Waals surface area contributed by atoms with E-state index in [1.54, 1.807) is 0 Å². The first-order chi connectivity index (χ1) is 11.8. The molecular weight excluding hydrogens is 304 g/mol. The predicted octanol–water partition coefficient (Wildman–Crippen LogP) is 4.96. The molecule has 0 aliphatic heterocycles. The number of hydrogen-bond acceptors (Lipinski definition) is 4. The van der Waals surface area contributed by atoms with Crippen LogP contribution in [-0.2, 0) is 21.1 Å². The van der Waals surface area contributed by atoms with E-state index >= 15 is 0 Å². The van der Waals surface area contributed by atoms with E-state index in [0.717, 1.165) is 44.1 Å². The fourth-order valence-corrected chi connectivity index (χ4v) is 3.50. The summed E-state index contributed by atoms with van der Waals surface area (Å²) in [5.41, 5.74) is 1.61.